The summed E-state index contributed by atoms with van der Waals surface area (Å²) in [6.07, 6.45) is 3.54. The maximum absolute atomic E-state index is 13.4. The van der Waals surface area contributed by atoms with Crippen molar-refractivity contribution in [2.24, 2.45) is 0 Å². The number of amides is 1. The van der Waals surface area contributed by atoms with Crippen LogP contribution < -0.4 is 0 Å². The fourth-order valence-corrected chi connectivity index (χ4v) is 4.14. The molecule has 2 heterocycles. The Morgan fingerprint density at radius 3 is 2.12 bits per heavy atom. The zero-order chi connectivity index (χ0) is 23.4. The van der Waals surface area contributed by atoms with E-state index in [0.29, 0.717) is 31.2 Å². The molecule has 1 aromatic heterocycles. The van der Waals surface area contributed by atoms with Crippen molar-refractivity contribution in [1.82, 2.24) is 14.8 Å². The highest BCUT2D eigenvalue weighted by Crippen LogP contribution is 2.23. The first-order valence-corrected chi connectivity index (χ1v) is 11.6. The summed E-state index contributed by atoms with van der Waals surface area (Å²) in [4.78, 5) is 21.1. The van der Waals surface area contributed by atoms with Crippen LogP contribution in [-0.2, 0) is 25.0 Å². The molecule has 0 N–H and O–H groups in total. The Hall–Kier alpha value is -2.99. The summed E-state index contributed by atoms with van der Waals surface area (Å²) in [5, 5.41) is 0. The van der Waals surface area contributed by atoms with Crippen LogP contribution in [0.2, 0.25) is 0 Å². The van der Waals surface area contributed by atoms with Gasteiger partial charge < -0.3 is 9.32 Å². The van der Waals surface area contributed by atoms with E-state index in [-0.39, 0.29) is 17.1 Å². The van der Waals surface area contributed by atoms with Crippen molar-refractivity contribution in [2.75, 3.05) is 13.1 Å². The van der Waals surface area contributed by atoms with Gasteiger partial charge in [-0.1, -0.05) is 57.2 Å². The quantitative estimate of drug-likeness (QED) is 0.475. The van der Waals surface area contributed by atoms with Gasteiger partial charge in [0, 0.05) is 26.2 Å². The van der Waals surface area contributed by atoms with E-state index in [2.05, 4.69) is 54.9 Å². The molecule has 1 fully saturated rings. The fraction of sp³-hybridized carbons (Fsp3) is 0.407. The molecule has 1 aliphatic rings. The summed E-state index contributed by atoms with van der Waals surface area (Å²) < 4.78 is 19.1. The number of hydrogen-bond donors (Lipinski definition) is 0. The predicted octanol–water partition coefficient (Wildman–Crippen LogP) is 5.55. The second-order valence-electron chi connectivity index (χ2n) is 9.84. The first-order valence-electron chi connectivity index (χ1n) is 11.6. The molecule has 1 amide bonds. The van der Waals surface area contributed by atoms with Crippen molar-refractivity contribution in [3.8, 4) is 0 Å². The van der Waals surface area contributed by atoms with E-state index >= 15 is 0 Å². The molecule has 174 valence electrons. The standard InChI is InChI=1S/C27H32FN3O2/c1-27(2,3)22-10-6-20(7-11-22)16-30(17-21-8-12-23(28)13-9-21)18-25-29-24(19-33-25)26(32)31-14-4-5-15-31/h6-13,19H,4-5,14-18H2,1-3H3. The molecular formula is C27H32FN3O2. The van der Waals surface area contributed by atoms with Gasteiger partial charge in [0.05, 0.1) is 6.54 Å². The summed E-state index contributed by atoms with van der Waals surface area (Å²) in [6, 6.07) is 15.2. The summed E-state index contributed by atoms with van der Waals surface area (Å²) in [5.41, 5.74) is 3.92. The van der Waals surface area contributed by atoms with Gasteiger partial charge in [0.2, 0.25) is 5.89 Å². The Bertz CT molecular complexity index is 1060. The van der Waals surface area contributed by atoms with Gasteiger partial charge >= 0.3 is 0 Å². The molecular weight excluding hydrogens is 417 g/mol. The van der Waals surface area contributed by atoms with Crippen molar-refractivity contribution < 1.29 is 13.6 Å². The summed E-state index contributed by atoms with van der Waals surface area (Å²) >= 11 is 0. The number of likely N-dealkylation sites (tertiary alicyclic amines) is 1. The van der Waals surface area contributed by atoms with Crippen molar-refractivity contribution >= 4 is 5.91 Å². The summed E-state index contributed by atoms with van der Waals surface area (Å²) in [6.45, 7) is 9.90. The number of benzene rings is 2. The Labute approximate surface area is 195 Å². The molecule has 5 nitrogen and oxygen atoms in total. The van der Waals surface area contributed by atoms with Gasteiger partial charge in [0.1, 0.15) is 12.1 Å². The average molecular weight is 450 g/mol. The van der Waals surface area contributed by atoms with Crippen LogP contribution in [0.5, 0.6) is 0 Å². The maximum atomic E-state index is 13.4. The van der Waals surface area contributed by atoms with Gasteiger partial charge in [0.15, 0.2) is 5.69 Å². The minimum atomic E-state index is -0.249. The lowest BCUT2D eigenvalue weighted by atomic mass is 9.87. The van der Waals surface area contributed by atoms with Gasteiger partial charge in [0.25, 0.3) is 5.91 Å². The molecule has 6 heteroatoms. The fourth-order valence-electron chi connectivity index (χ4n) is 4.14. The molecule has 1 aliphatic heterocycles. The third kappa shape index (κ3) is 6.08. The Morgan fingerprint density at radius 1 is 0.970 bits per heavy atom. The van der Waals surface area contributed by atoms with Crippen molar-refractivity contribution in [1.29, 1.82) is 0 Å². The van der Waals surface area contributed by atoms with E-state index in [0.717, 1.165) is 31.5 Å². The molecule has 0 bridgehead atoms. The van der Waals surface area contributed by atoms with Crippen LogP contribution in [-0.4, -0.2) is 33.8 Å². The van der Waals surface area contributed by atoms with E-state index in [1.54, 1.807) is 12.1 Å². The highest BCUT2D eigenvalue weighted by molar-refractivity contribution is 5.92. The molecule has 0 radical (unpaired) electrons. The number of rotatable bonds is 7. The molecule has 33 heavy (non-hydrogen) atoms. The van der Waals surface area contributed by atoms with Crippen LogP contribution in [0.25, 0.3) is 0 Å². The first kappa shape index (κ1) is 23.2. The van der Waals surface area contributed by atoms with E-state index in [1.165, 1.54) is 29.5 Å². The predicted molar refractivity (Wildman–Crippen MR) is 126 cm³/mol. The van der Waals surface area contributed by atoms with Gasteiger partial charge in [-0.3, -0.25) is 9.69 Å². The Morgan fingerprint density at radius 2 is 1.55 bits per heavy atom. The second-order valence-corrected chi connectivity index (χ2v) is 9.84. The molecule has 0 atom stereocenters. The number of carbonyl (C=O) groups is 1. The number of halogens is 1. The topological polar surface area (TPSA) is 49.6 Å². The van der Waals surface area contributed by atoms with Gasteiger partial charge in [-0.25, -0.2) is 9.37 Å². The van der Waals surface area contributed by atoms with Crippen LogP contribution in [0.1, 0.15) is 66.7 Å². The molecule has 2 aromatic carbocycles. The first-order chi connectivity index (χ1) is 15.8. The average Bonchev–Trinajstić information content (AvgIpc) is 3.47. The minimum Gasteiger partial charge on any atom is -0.447 e. The number of nitrogens with zero attached hydrogens (tertiary/aromatic N) is 3. The van der Waals surface area contributed by atoms with E-state index in [4.69, 9.17) is 4.42 Å². The molecule has 0 aliphatic carbocycles. The number of aromatic nitrogens is 1. The lowest BCUT2D eigenvalue weighted by Gasteiger charge is -2.23. The molecule has 3 aromatic rings. The van der Waals surface area contributed by atoms with Crippen molar-refractivity contribution in [3.05, 3.63) is 88.9 Å². The summed E-state index contributed by atoms with van der Waals surface area (Å²) in [7, 11) is 0. The monoisotopic (exact) mass is 449 g/mol. The number of carbonyl (C=O) groups excluding carboxylic acids is 1. The second kappa shape index (κ2) is 9.87. The minimum absolute atomic E-state index is 0.0645. The van der Waals surface area contributed by atoms with Crippen molar-refractivity contribution in [2.45, 2.75) is 58.7 Å². The van der Waals surface area contributed by atoms with E-state index in [9.17, 15) is 9.18 Å². The lowest BCUT2D eigenvalue weighted by molar-refractivity contribution is 0.0787. The highest BCUT2D eigenvalue weighted by atomic mass is 19.1. The zero-order valence-electron chi connectivity index (χ0n) is 19.7. The van der Waals surface area contributed by atoms with Crippen LogP contribution in [0.3, 0.4) is 0 Å². The van der Waals surface area contributed by atoms with Crippen molar-refractivity contribution in [3.63, 3.8) is 0 Å². The SMILES string of the molecule is CC(C)(C)c1ccc(CN(Cc2ccc(F)cc2)Cc2nc(C(=O)N3CCCC3)co2)cc1. The van der Waals surface area contributed by atoms with E-state index < -0.39 is 0 Å². The van der Waals surface area contributed by atoms with E-state index in [1.807, 2.05) is 4.90 Å². The highest BCUT2D eigenvalue weighted by Gasteiger charge is 2.23. The van der Waals surface area contributed by atoms with Gasteiger partial charge in [-0.15, -0.1) is 0 Å². The van der Waals surface area contributed by atoms with Crippen LogP contribution in [0.4, 0.5) is 4.39 Å². The number of hydrogen-bond acceptors (Lipinski definition) is 4. The lowest BCUT2D eigenvalue weighted by Crippen LogP contribution is -2.28. The molecule has 4 rings (SSSR count). The largest absolute Gasteiger partial charge is 0.447 e. The zero-order valence-corrected chi connectivity index (χ0v) is 19.7. The van der Waals surface area contributed by atoms with Crippen LogP contribution in [0, 0.1) is 5.82 Å². The molecule has 0 spiro atoms. The van der Waals surface area contributed by atoms with Crippen LogP contribution in [0.15, 0.2) is 59.2 Å². The Balaban J connectivity index is 1.50. The van der Waals surface area contributed by atoms with Gasteiger partial charge in [-0.2, -0.15) is 0 Å². The van der Waals surface area contributed by atoms with Crippen LogP contribution >= 0.6 is 0 Å². The summed E-state index contributed by atoms with van der Waals surface area (Å²) in [5.74, 6) is 0.192. The number of oxazole rings is 1. The maximum Gasteiger partial charge on any atom is 0.275 e. The third-order valence-electron chi connectivity index (χ3n) is 6.07. The van der Waals surface area contributed by atoms with Gasteiger partial charge in [-0.05, 0) is 47.1 Å². The third-order valence-corrected chi connectivity index (χ3v) is 6.07. The molecule has 0 unspecified atom stereocenters. The molecule has 1 saturated heterocycles. The smallest absolute Gasteiger partial charge is 0.275 e. The normalized spacial score (nSPS) is 14.3. The Kier molecular flexibility index (Phi) is 6.94. The molecule has 0 saturated carbocycles.